The molecule has 0 aliphatic carbocycles. The molecule has 0 radical (unpaired) electrons. The van der Waals surface area contributed by atoms with E-state index in [9.17, 15) is 18.0 Å². The van der Waals surface area contributed by atoms with E-state index in [0.29, 0.717) is 38.9 Å². The molecular formula is C21H31N3O4S. The van der Waals surface area contributed by atoms with Crippen LogP contribution in [0.4, 0.5) is 0 Å². The van der Waals surface area contributed by atoms with Crippen LogP contribution in [0.1, 0.15) is 44.2 Å². The van der Waals surface area contributed by atoms with Gasteiger partial charge in [-0.2, -0.15) is 0 Å². The summed E-state index contributed by atoms with van der Waals surface area (Å²) in [6, 6.07) is 7.13. The summed E-state index contributed by atoms with van der Waals surface area (Å²) in [5.74, 6) is 0.126. The summed E-state index contributed by atoms with van der Waals surface area (Å²) in [4.78, 5) is 29.8. The summed E-state index contributed by atoms with van der Waals surface area (Å²) in [5, 5.41) is 0. The summed E-state index contributed by atoms with van der Waals surface area (Å²) in [7, 11) is -3.33. The van der Waals surface area contributed by atoms with Crippen molar-refractivity contribution in [3.63, 3.8) is 0 Å². The molecule has 160 valence electrons. The summed E-state index contributed by atoms with van der Waals surface area (Å²) >= 11 is 0. The van der Waals surface area contributed by atoms with E-state index in [1.165, 1.54) is 0 Å². The van der Waals surface area contributed by atoms with E-state index in [-0.39, 0.29) is 23.8 Å². The number of nitrogens with one attached hydrogen (secondary N) is 1. The Bertz CT molecular complexity index is 868. The Hall–Kier alpha value is -1.93. The molecule has 2 atom stereocenters. The Balaban J connectivity index is 1.81. The van der Waals surface area contributed by atoms with Gasteiger partial charge in [0.1, 0.15) is 6.04 Å². The molecule has 1 saturated heterocycles. The second-order valence-electron chi connectivity index (χ2n) is 8.62. The van der Waals surface area contributed by atoms with E-state index in [2.05, 4.69) is 4.72 Å². The van der Waals surface area contributed by atoms with Crippen molar-refractivity contribution in [2.24, 2.45) is 5.92 Å². The zero-order valence-electron chi connectivity index (χ0n) is 17.4. The average Bonchev–Trinajstić information content (AvgIpc) is 2.64. The standard InChI is InChI=1S/C21H31N3O4S/c1-15(2)11-20(25)24-13-17-8-5-4-7-16(17)12-19(24)21(26)23-10-6-9-18(14-23)22-29(3,27)28/h4-5,7-8,15,18-19,22H,6,9-14H2,1-3H3. The van der Waals surface area contributed by atoms with E-state index in [4.69, 9.17) is 0 Å². The van der Waals surface area contributed by atoms with Gasteiger partial charge in [-0.3, -0.25) is 9.59 Å². The summed E-state index contributed by atoms with van der Waals surface area (Å²) < 4.78 is 25.8. The van der Waals surface area contributed by atoms with Crippen LogP contribution in [0, 0.1) is 5.92 Å². The Morgan fingerprint density at radius 1 is 1.21 bits per heavy atom. The second-order valence-corrected chi connectivity index (χ2v) is 10.4. The van der Waals surface area contributed by atoms with Gasteiger partial charge < -0.3 is 9.80 Å². The van der Waals surface area contributed by atoms with Crippen molar-refractivity contribution in [1.82, 2.24) is 14.5 Å². The highest BCUT2D eigenvalue weighted by atomic mass is 32.2. The highest BCUT2D eigenvalue weighted by molar-refractivity contribution is 7.88. The largest absolute Gasteiger partial charge is 0.339 e. The minimum Gasteiger partial charge on any atom is -0.339 e. The molecular weight excluding hydrogens is 390 g/mol. The molecule has 2 aliphatic rings. The summed E-state index contributed by atoms with van der Waals surface area (Å²) in [6.45, 7) is 5.37. The Kier molecular flexibility index (Phi) is 6.63. The molecule has 1 aromatic carbocycles. The monoisotopic (exact) mass is 421 g/mol. The van der Waals surface area contributed by atoms with Gasteiger partial charge in [0.15, 0.2) is 0 Å². The smallest absolute Gasteiger partial charge is 0.245 e. The maximum absolute atomic E-state index is 13.4. The van der Waals surface area contributed by atoms with Crippen LogP contribution in [0.3, 0.4) is 0 Å². The van der Waals surface area contributed by atoms with Crippen molar-refractivity contribution in [2.45, 2.75) is 58.2 Å². The molecule has 2 heterocycles. The van der Waals surface area contributed by atoms with Crippen LogP contribution in [-0.2, 0) is 32.6 Å². The second kappa shape index (κ2) is 8.83. The highest BCUT2D eigenvalue weighted by Gasteiger charge is 2.38. The Morgan fingerprint density at radius 2 is 1.90 bits per heavy atom. The number of carbonyl (C=O) groups excluding carboxylic acids is 2. The third-order valence-electron chi connectivity index (χ3n) is 5.55. The van der Waals surface area contributed by atoms with Crippen LogP contribution in [0.25, 0.3) is 0 Å². The first-order valence-electron chi connectivity index (χ1n) is 10.3. The lowest BCUT2D eigenvalue weighted by Crippen LogP contribution is -2.57. The van der Waals surface area contributed by atoms with Gasteiger partial charge in [0.25, 0.3) is 0 Å². The van der Waals surface area contributed by atoms with Gasteiger partial charge in [-0.1, -0.05) is 38.1 Å². The molecule has 2 unspecified atom stereocenters. The van der Waals surface area contributed by atoms with Crippen LogP contribution < -0.4 is 4.72 Å². The van der Waals surface area contributed by atoms with E-state index >= 15 is 0 Å². The van der Waals surface area contributed by atoms with Crippen LogP contribution in [0.2, 0.25) is 0 Å². The van der Waals surface area contributed by atoms with E-state index in [1.54, 1.807) is 9.80 Å². The lowest BCUT2D eigenvalue weighted by Gasteiger charge is -2.41. The lowest BCUT2D eigenvalue weighted by molar-refractivity contribution is -0.148. The van der Waals surface area contributed by atoms with Gasteiger partial charge in [0.2, 0.25) is 21.8 Å². The number of piperidine rings is 1. The van der Waals surface area contributed by atoms with E-state index < -0.39 is 16.1 Å². The summed E-state index contributed by atoms with van der Waals surface area (Å²) in [6.07, 6.45) is 3.49. The Labute approximate surface area is 173 Å². The number of hydrogen-bond donors (Lipinski definition) is 1. The zero-order chi connectivity index (χ0) is 21.2. The molecule has 8 heteroatoms. The molecule has 1 fully saturated rings. The average molecular weight is 422 g/mol. The minimum absolute atomic E-state index is 0.00401. The third-order valence-corrected chi connectivity index (χ3v) is 6.31. The van der Waals surface area contributed by atoms with Crippen molar-refractivity contribution >= 4 is 21.8 Å². The molecule has 0 spiro atoms. The van der Waals surface area contributed by atoms with E-state index in [0.717, 1.165) is 23.8 Å². The number of carbonyl (C=O) groups is 2. The molecule has 3 rings (SSSR count). The van der Waals surface area contributed by atoms with Crippen LogP contribution in [0.5, 0.6) is 0 Å². The van der Waals surface area contributed by atoms with Crippen LogP contribution in [-0.4, -0.2) is 61.5 Å². The predicted molar refractivity (Wildman–Crippen MR) is 112 cm³/mol. The normalized spacial score (nSPS) is 22.5. The molecule has 0 aromatic heterocycles. The van der Waals surface area contributed by atoms with E-state index in [1.807, 2.05) is 38.1 Å². The molecule has 29 heavy (non-hydrogen) atoms. The van der Waals surface area contributed by atoms with Crippen molar-refractivity contribution in [3.8, 4) is 0 Å². The fourth-order valence-electron chi connectivity index (χ4n) is 4.26. The fraction of sp³-hybridized carbons (Fsp3) is 0.619. The molecule has 0 bridgehead atoms. The third kappa shape index (κ3) is 5.57. The minimum atomic E-state index is -3.33. The molecule has 2 amide bonds. The van der Waals surface area contributed by atoms with Crippen LogP contribution in [0.15, 0.2) is 24.3 Å². The van der Waals surface area contributed by atoms with Crippen molar-refractivity contribution in [1.29, 1.82) is 0 Å². The molecule has 7 nitrogen and oxygen atoms in total. The maximum atomic E-state index is 13.4. The topological polar surface area (TPSA) is 86.8 Å². The lowest BCUT2D eigenvalue weighted by atomic mass is 9.91. The number of sulfonamides is 1. The Morgan fingerprint density at radius 3 is 2.55 bits per heavy atom. The van der Waals surface area contributed by atoms with Crippen molar-refractivity contribution in [2.75, 3.05) is 19.3 Å². The number of nitrogens with zero attached hydrogens (tertiary/aromatic N) is 2. The highest BCUT2D eigenvalue weighted by Crippen LogP contribution is 2.27. The first-order valence-corrected chi connectivity index (χ1v) is 12.2. The van der Waals surface area contributed by atoms with Gasteiger partial charge in [-0.05, 0) is 29.9 Å². The zero-order valence-corrected chi connectivity index (χ0v) is 18.2. The van der Waals surface area contributed by atoms with Crippen molar-refractivity contribution in [3.05, 3.63) is 35.4 Å². The van der Waals surface area contributed by atoms with Gasteiger partial charge in [-0.25, -0.2) is 13.1 Å². The van der Waals surface area contributed by atoms with Gasteiger partial charge in [0, 0.05) is 38.5 Å². The number of hydrogen-bond acceptors (Lipinski definition) is 4. The fourth-order valence-corrected chi connectivity index (χ4v) is 5.06. The number of rotatable bonds is 5. The van der Waals surface area contributed by atoms with Gasteiger partial charge in [-0.15, -0.1) is 0 Å². The first kappa shape index (κ1) is 21.8. The molecule has 0 saturated carbocycles. The van der Waals surface area contributed by atoms with Crippen molar-refractivity contribution < 1.29 is 18.0 Å². The summed E-state index contributed by atoms with van der Waals surface area (Å²) in [5.41, 5.74) is 2.19. The number of likely N-dealkylation sites (tertiary alicyclic amines) is 1. The number of benzene rings is 1. The maximum Gasteiger partial charge on any atom is 0.245 e. The molecule has 1 aromatic rings. The predicted octanol–water partition coefficient (Wildman–Crippen LogP) is 1.53. The quantitative estimate of drug-likeness (QED) is 0.781. The van der Waals surface area contributed by atoms with Crippen LogP contribution >= 0.6 is 0 Å². The molecule has 2 aliphatic heterocycles. The molecule has 1 N–H and O–H groups in total. The first-order chi connectivity index (χ1) is 13.6. The number of amides is 2. The van der Waals surface area contributed by atoms with Gasteiger partial charge in [0.05, 0.1) is 6.26 Å². The van der Waals surface area contributed by atoms with Gasteiger partial charge >= 0.3 is 0 Å². The number of fused-ring (bicyclic) bond motifs is 1. The SMILES string of the molecule is CC(C)CC(=O)N1Cc2ccccc2CC1C(=O)N1CCCC(NS(C)(=O)=O)C1.